The van der Waals surface area contributed by atoms with E-state index in [1.807, 2.05) is 49.4 Å². The van der Waals surface area contributed by atoms with E-state index >= 15 is 0 Å². The van der Waals surface area contributed by atoms with Crippen LogP contribution >= 0.6 is 11.3 Å². The second-order valence-electron chi connectivity index (χ2n) is 10.4. The van der Waals surface area contributed by atoms with Gasteiger partial charge in [-0.05, 0) is 78.6 Å². The molecule has 0 spiro atoms. The van der Waals surface area contributed by atoms with E-state index in [0.29, 0.717) is 45.3 Å². The van der Waals surface area contributed by atoms with E-state index in [9.17, 15) is 14.0 Å². The zero-order valence-electron chi connectivity index (χ0n) is 25.1. The number of carbonyl (C=O) groups excluding carboxylic acids is 1. The zero-order valence-corrected chi connectivity index (χ0v) is 25.9. The number of benzene rings is 4. The average molecular weight is 623 g/mol. The number of hydrogen-bond acceptors (Lipinski definition) is 7. The van der Waals surface area contributed by atoms with Crippen molar-refractivity contribution in [3.63, 3.8) is 0 Å². The average Bonchev–Trinajstić information content (AvgIpc) is 3.34. The summed E-state index contributed by atoms with van der Waals surface area (Å²) in [5.74, 6) is 0.167. The maximum absolute atomic E-state index is 13.9. The number of carbonyl (C=O) groups is 1. The summed E-state index contributed by atoms with van der Waals surface area (Å²) in [6, 6.07) is 24.8. The number of halogens is 1. The summed E-state index contributed by atoms with van der Waals surface area (Å²) in [6.45, 7) is 6.30. The summed E-state index contributed by atoms with van der Waals surface area (Å²) in [5, 5.41) is 2.27. The van der Waals surface area contributed by atoms with Gasteiger partial charge in [-0.2, -0.15) is 0 Å². The Morgan fingerprint density at radius 1 is 0.956 bits per heavy atom. The molecule has 0 amide bonds. The molecule has 2 heterocycles. The second-order valence-corrected chi connectivity index (χ2v) is 11.4. The Kier molecular flexibility index (Phi) is 8.62. The number of rotatable bonds is 9. The molecule has 9 heteroatoms. The summed E-state index contributed by atoms with van der Waals surface area (Å²) in [5.41, 5.74) is 2.75. The van der Waals surface area contributed by atoms with Gasteiger partial charge in [0.2, 0.25) is 0 Å². The first-order valence-electron chi connectivity index (χ1n) is 14.7. The van der Waals surface area contributed by atoms with Crippen LogP contribution < -0.4 is 24.4 Å². The Morgan fingerprint density at radius 3 is 2.51 bits per heavy atom. The van der Waals surface area contributed by atoms with E-state index in [2.05, 4.69) is 23.2 Å². The number of allylic oxidation sites excluding steroid dienone is 1. The van der Waals surface area contributed by atoms with Gasteiger partial charge in [0.25, 0.3) is 5.56 Å². The Labute approximate surface area is 263 Å². The van der Waals surface area contributed by atoms with E-state index in [1.54, 1.807) is 32.1 Å². The van der Waals surface area contributed by atoms with Crippen molar-refractivity contribution in [2.24, 2.45) is 4.99 Å². The number of thiazole rings is 1. The van der Waals surface area contributed by atoms with Gasteiger partial charge in [-0.3, -0.25) is 9.36 Å². The SMILES string of the molecule is CCOC(=O)C1=C(C)N=c2s/c(=C\c3ccc(OCc4cccc5ccccc45)c(OCC)c3)c(=O)n2[C@H]1c1ccc(F)cc1. The lowest BCUT2D eigenvalue weighted by atomic mass is 9.96. The fraction of sp³-hybridized carbons (Fsp3) is 0.194. The Balaban J connectivity index is 1.37. The maximum atomic E-state index is 13.9. The van der Waals surface area contributed by atoms with Crippen LogP contribution in [-0.2, 0) is 16.1 Å². The Morgan fingerprint density at radius 2 is 1.73 bits per heavy atom. The Bertz CT molecular complexity index is 2110. The molecule has 1 aromatic heterocycles. The number of fused-ring (bicyclic) bond motifs is 2. The molecule has 1 aliphatic heterocycles. The van der Waals surface area contributed by atoms with Gasteiger partial charge in [0, 0.05) is 0 Å². The highest BCUT2D eigenvalue weighted by molar-refractivity contribution is 7.07. The Hall–Kier alpha value is -5.02. The van der Waals surface area contributed by atoms with Crippen molar-refractivity contribution in [1.82, 2.24) is 4.57 Å². The molecule has 6 rings (SSSR count). The van der Waals surface area contributed by atoms with Gasteiger partial charge in [-0.25, -0.2) is 14.2 Å². The molecular weight excluding hydrogens is 591 g/mol. The molecule has 0 fully saturated rings. The standard InChI is InChI=1S/C36H31FN2O5S/c1-4-42-30-19-23(13-18-29(30)44-21-26-11-8-10-24-9-6-7-12-28(24)26)20-31-34(40)39-33(25-14-16-27(37)17-15-25)32(35(41)43-5-2)22(3)38-36(39)45-31/h6-20,33H,4-5,21H2,1-3H3/b31-20-/t33-/m0/s1. The minimum absolute atomic E-state index is 0.167. The molecule has 0 bridgehead atoms. The first kappa shape index (κ1) is 30.0. The molecule has 0 radical (unpaired) electrons. The van der Waals surface area contributed by atoms with Crippen molar-refractivity contribution in [3.8, 4) is 11.5 Å². The summed E-state index contributed by atoms with van der Waals surface area (Å²) >= 11 is 1.22. The molecule has 0 saturated carbocycles. The number of esters is 1. The summed E-state index contributed by atoms with van der Waals surface area (Å²) in [4.78, 5) is 32.0. The van der Waals surface area contributed by atoms with Gasteiger partial charge in [0.15, 0.2) is 16.3 Å². The van der Waals surface area contributed by atoms with Crippen molar-refractivity contribution < 1.29 is 23.4 Å². The largest absolute Gasteiger partial charge is 0.490 e. The van der Waals surface area contributed by atoms with Crippen molar-refractivity contribution in [3.05, 3.63) is 138 Å². The van der Waals surface area contributed by atoms with Gasteiger partial charge in [0.1, 0.15) is 12.4 Å². The maximum Gasteiger partial charge on any atom is 0.338 e. The van der Waals surface area contributed by atoms with E-state index < -0.39 is 17.8 Å². The van der Waals surface area contributed by atoms with Crippen LogP contribution in [0.25, 0.3) is 16.8 Å². The van der Waals surface area contributed by atoms with Gasteiger partial charge >= 0.3 is 5.97 Å². The number of ether oxygens (including phenoxy) is 3. The quantitative estimate of drug-likeness (QED) is 0.187. The van der Waals surface area contributed by atoms with E-state index in [-0.39, 0.29) is 17.7 Å². The number of hydrogen-bond donors (Lipinski definition) is 0. The van der Waals surface area contributed by atoms with Crippen molar-refractivity contribution >= 4 is 34.2 Å². The monoisotopic (exact) mass is 622 g/mol. The van der Waals surface area contributed by atoms with Crippen LogP contribution in [0.2, 0.25) is 0 Å². The van der Waals surface area contributed by atoms with Crippen LogP contribution in [0.3, 0.4) is 0 Å². The molecule has 5 aromatic rings. The number of nitrogens with zero attached hydrogens (tertiary/aromatic N) is 2. The van der Waals surface area contributed by atoms with Crippen molar-refractivity contribution in [2.45, 2.75) is 33.4 Å². The first-order chi connectivity index (χ1) is 21.9. The molecule has 4 aromatic carbocycles. The zero-order chi connectivity index (χ0) is 31.5. The van der Waals surface area contributed by atoms with E-state index in [0.717, 1.165) is 21.9 Å². The van der Waals surface area contributed by atoms with Crippen LogP contribution in [-0.4, -0.2) is 23.8 Å². The highest BCUT2D eigenvalue weighted by atomic mass is 32.1. The van der Waals surface area contributed by atoms with Crippen LogP contribution in [0.4, 0.5) is 4.39 Å². The molecular formula is C36H31FN2O5S. The lowest BCUT2D eigenvalue weighted by Gasteiger charge is -2.24. The van der Waals surface area contributed by atoms with E-state index in [1.165, 1.54) is 28.0 Å². The molecule has 45 heavy (non-hydrogen) atoms. The first-order valence-corrected chi connectivity index (χ1v) is 15.5. The summed E-state index contributed by atoms with van der Waals surface area (Å²) in [6.07, 6.45) is 1.77. The lowest BCUT2D eigenvalue weighted by Crippen LogP contribution is -2.39. The normalized spacial score (nSPS) is 14.7. The lowest BCUT2D eigenvalue weighted by molar-refractivity contribution is -0.139. The summed E-state index contributed by atoms with van der Waals surface area (Å²) < 4.78 is 33.2. The van der Waals surface area contributed by atoms with Gasteiger partial charge in [0.05, 0.1) is 35.1 Å². The molecule has 7 nitrogen and oxygen atoms in total. The van der Waals surface area contributed by atoms with Crippen LogP contribution in [0.15, 0.2) is 106 Å². The minimum atomic E-state index is -0.813. The van der Waals surface area contributed by atoms with Gasteiger partial charge in [-0.15, -0.1) is 0 Å². The van der Waals surface area contributed by atoms with Gasteiger partial charge < -0.3 is 14.2 Å². The minimum Gasteiger partial charge on any atom is -0.490 e. The highest BCUT2D eigenvalue weighted by Crippen LogP contribution is 2.32. The fourth-order valence-electron chi connectivity index (χ4n) is 5.48. The van der Waals surface area contributed by atoms with Crippen LogP contribution in [0.5, 0.6) is 11.5 Å². The van der Waals surface area contributed by atoms with Gasteiger partial charge in [-0.1, -0.05) is 72.0 Å². The smallest absolute Gasteiger partial charge is 0.338 e. The third-order valence-corrected chi connectivity index (χ3v) is 8.51. The predicted octanol–water partition coefficient (Wildman–Crippen LogP) is 6.07. The molecule has 228 valence electrons. The molecule has 0 N–H and O–H groups in total. The molecule has 0 aliphatic carbocycles. The molecule has 0 saturated heterocycles. The fourth-order valence-corrected chi connectivity index (χ4v) is 6.53. The van der Waals surface area contributed by atoms with E-state index in [4.69, 9.17) is 14.2 Å². The molecule has 0 unspecified atom stereocenters. The molecule has 1 atom stereocenters. The molecule has 1 aliphatic rings. The topological polar surface area (TPSA) is 79.1 Å². The number of aromatic nitrogens is 1. The van der Waals surface area contributed by atoms with Crippen LogP contribution in [0, 0.1) is 5.82 Å². The van der Waals surface area contributed by atoms with Crippen molar-refractivity contribution in [1.29, 1.82) is 0 Å². The second kappa shape index (κ2) is 12.9. The third kappa shape index (κ3) is 6.04. The predicted molar refractivity (Wildman–Crippen MR) is 173 cm³/mol. The highest BCUT2D eigenvalue weighted by Gasteiger charge is 2.33. The summed E-state index contributed by atoms with van der Waals surface area (Å²) in [7, 11) is 0. The van der Waals surface area contributed by atoms with Crippen LogP contribution in [0.1, 0.15) is 43.5 Å². The third-order valence-electron chi connectivity index (χ3n) is 7.53. The van der Waals surface area contributed by atoms with Crippen molar-refractivity contribution in [2.75, 3.05) is 13.2 Å².